The molecule has 0 aromatic heterocycles. The molecule has 20 heavy (non-hydrogen) atoms. The molecule has 2 rings (SSSR count). The van der Waals surface area contributed by atoms with Gasteiger partial charge in [-0.05, 0) is 37.1 Å². The fraction of sp³-hybridized carbons (Fsp3) is 0.625. The number of benzene rings is 1. The predicted molar refractivity (Wildman–Crippen MR) is 78.2 cm³/mol. The highest BCUT2D eigenvalue weighted by molar-refractivity contribution is 5.23. The van der Waals surface area contributed by atoms with Crippen molar-refractivity contribution in [1.82, 2.24) is 4.90 Å². The fourth-order valence-electron chi connectivity index (χ4n) is 2.75. The Morgan fingerprint density at radius 1 is 1.00 bits per heavy atom. The molecule has 0 saturated carbocycles. The van der Waals surface area contributed by atoms with E-state index >= 15 is 0 Å². The van der Waals surface area contributed by atoms with Gasteiger partial charge in [-0.25, -0.2) is 0 Å². The second kappa shape index (κ2) is 7.74. The van der Waals surface area contributed by atoms with Crippen molar-refractivity contribution in [3.05, 3.63) is 35.4 Å². The van der Waals surface area contributed by atoms with Crippen LogP contribution in [0.5, 0.6) is 0 Å². The third-order valence-electron chi connectivity index (χ3n) is 3.96. The first-order valence-electron chi connectivity index (χ1n) is 7.47. The Balaban J connectivity index is 1.81. The van der Waals surface area contributed by atoms with E-state index in [-0.39, 0.29) is 6.61 Å². The van der Waals surface area contributed by atoms with Gasteiger partial charge in [0.25, 0.3) is 0 Å². The normalized spacial score (nSPS) is 19.8. The summed E-state index contributed by atoms with van der Waals surface area (Å²) >= 11 is 0. The van der Waals surface area contributed by atoms with Crippen LogP contribution in [-0.2, 0) is 6.61 Å². The molecule has 3 N–H and O–H groups in total. The van der Waals surface area contributed by atoms with Crippen molar-refractivity contribution in [2.45, 2.75) is 44.5 Å². The topological polar surface area (TPSA) is 63.9 Å². The van der Waals surface area contributed by atoms with Crippen molar-refractivity contribution >= 4 is 0 Å². The van der Waals surface area contributed by atoms with E-state index in [9.17, 15) is 10.2 Å². The molecular weight excluding hydrogens is 254 g/mol. The Morgan fingerprint density at radius 3 is 2.25 bits per heavy atom. The summed E-state index contributed by atoms with van der Waals surface area (Å²) in [4.78, 5) is 2.27. The molecule has 0 radical (unpaired) electrons. The zero-order valence-electron chi connectivity index (χ0n) is 11.9. The average molecular weight is 279 g/mol. The van der Waals surface area contributed by atoms with E-state index < -0.39 is 12.2 Å². The van der Waals surface area contributed by atoms with E-state index in [4.69, 9.17) is 5.11 Å². The zero-order valence-corrected chi connectivity index (χ0v) is 11.9. The van der Waals surface area contributed by atoms with Gasteiger partial charge in [-0.1, -0.05) is 30.7 Å². The first-order chi connectivity index (χ1) is 9.69. The molecular formula is C16H25NO3. The van der Waals surface area contributed by atoms with Gasteiger partial charge >= 0.3 is 0 Å². The Labute approximate surface area is 120 Å². The van der Waals surface area contributed by atoms with Gasteiger partial charge in [0.15, 0.2) is 0 Å². The van der Waals surface area contributed by atoms with Crippen LogP contribution in [0.3, 0.4) is 0 Å². The lowest BCUT2D eigenvalue weighted by Gasteiger charge is -2.29. The highest BCUT2D eigenvalue weighted by atomic mass is 16.3. The highest BCUT2D eigenvalue weighted by Gasteiger charge is 2.18. The number of piperidine rings is 1. The third-order valence-corrected chi connectivity index (χ3v) is 3.96. The number of likely N-dealkylation sites (tertiary alicyclic amines) is 1. The van der Waals surface area contributed by atoms with E-state index in [1.54, 1.807) is 12.1 Å². The van der Waals surface area contributed by atoms with Gasteiger partial charge < -0.3 is 20.2 Å². The molecule has 4 nitrogen and oxygen atoms in total. The van der Waals surface area contributed by atoms with E-state index in [2.05, 4.69) is 4.90 Å². The Kier molecular flexibility index (Phi) is 5.98. The Hall–Kier alpha value is -0.940. The molecule has 4 heteroatoms. The molecule has 0 unspecified atom stereocenters. The molecule has 0 aliphatic carbocycles. The van der Waals surface area contributed by atoms with Crippen molar-refractivity contribution in [2.75, 3.05) is 19.6 Å². The van der Waals surface area contributed by atoms with Crippen LogP contribution in [-0.4, -0.2) is 46.0 Å². The van der Waals surface area contributed by atoms with Crippen molar-refractivity contribution in [3.63, 3.8) is 0 Å². The number of hydrogen-bond donors (Lipinski definition) is 3. The third kappa shape index (κ3) is 4.56. The Morgan fingerprint density at radius 2 is 1.65 bits per heavy atom. The van der Waals surface area contributed by atoms with E-state index in [1.807, 2.05) is 12.1 Å². The van der Waals surface area contributed by atoms with Crippen LogP contribution in [0.2, 0.25) is 0 Å². The summed E-state index contributed by atoms with van der Waals surface area (Å²) in [6.45, 7) is 2.76. The highest BCUT2D eigenvalue weighted by Crippen LogP contribution is 2.20. The number of aliphatic hydroxyl groups excluding tert-OH is 3. The molecule has 1 aliphatic heterocycles. The molecule has 0 amide bonds. The van der Waals surface area contributed by atoms with Gasteiger partial charge in [0.05, 0.1) is 18.8 Å². The van der Waals surface area contributed by atoms with E-state index in [1.165, 1.54) is 19.3 Å². The van der Waals surface area contributed by atoms with Gasteiger partial charge in [0.1, 0.15) is 0 Å². The van der Waals surface area contributed by atoms with Crippen LogP contribution >= 0.6 is 0 Å². The lowest BCUT2D eigenvalue weighted by atomic mass is 10.0. The van der Waals surface area contributed by atoms with Gasteiger partial charge in [0, 0.05) is 13.0 Å². The fourth-order valence-corrected chi connectivity index (χ4v) is 2.75. The molecule has 1 aromatic rings. The van der Waals surface area contributed by atoms with Crippen molar-refractivity contribution in [2.24, 2.45) is 0 Å². The molecule has 1 aliphatic rings. The molecule has 1 saturated heterocycles. The number of rotatable bonds is 6. The van der Waals surface area contributed by atoms with Gasteiger partial charge in [-0.3, -0.25) is 0 Å². The van der Waals surface area contributed by atoms with Crippen LogP contribution < -0.4 is 0 Å². The van der Waals surface area contributed by atoms with Crippen LogP contribution in [0, 0.1) is 0 Å². The summed E-state index contributed by atoms with van der Waals surface area (Å²) in [5.74, 6) is 0. The number of β-amino-alcohol motifs (C(OH)–C–C–N with tert-alkyl or cyclic N) is 1. The van der Waals surface area contributed by atoms with Crippen molar-refractivity contribution in [1.29, 1.82) is 0 Å². The lowest BCUT2D eigenvalue weighted by Crippen LogP contribution is -2.36. The second-order valence-corrected chi connectivity index (χ2v) is 5.67. The maximum Gasteiger partial charge on any atom is 0.0815 e. The van der Waals surface area contributed by atoms with Crippen LogP contribution in [0.15, 0.2) is 24.3 Å². The molecule has 0 spiro atoms. The maximum absolute atomic E-state index is 10.1. The summed E-state index contributed by atoms with van der Waals surface area (Å²) in [6.07, 6.45) is 2.90. The SMILES string of the molecule is OCc1ccc([C@@H](O)C[C@@H](O)CN2CCCCC2)cc1. The maximum atomic E-state index is 10.1. The first kappa shape index (κ1) is 15.4. The van der Waals surface area contributed by atoms with Crippen molar-refractivity contribution < 1.29 is 15.3 Å². The Bertz CT molecular complexity index is 387. The zero-order chi connectivity index (χ0) is 14.4. The molecule has 0 bridgehead atoms. The van der Waals surface area contributed by atoms with E-state index in [0.717, 1.165) is 24.2 Å². The number of hydrogen-bond acceptors (Lipinski definition) is 4. The van der Waals surface area contributed by atoms with Crippen LogP contribution in [0.25, 0.3) is 0 Å². The number of aliphatic hydroxyl groups is 3. The minimum atomic E-state index is -0.650. The van der Waals surface area contributed by atoms with Crippen molar-refractivity contribution in [3.8, 4) is 0 Å². The van der Waals surface area contributed by atoms with Gasteiger partial charge in [-0.2, -0.15) is 0 Å². The second-order valence-electron chi connectivity index (χ2n) is 5.67. The molecule has 2 atom stereocenters. The lowest BCUT2D eigenvalue weighted by molar-refractivity contribution is 0.0488. The summed E-state index contributed by atoms with van der Waals surface area (Å²) in [5, 5.41) is 29.2. The largest absolute Gasteiger partial charge is 0.392 e. The quantitative estimate of drug-likeness (QED) is 0.737. The summed E-state index contributed by atoms with van der Waals surface area (Å²) in [7, 11) is 0. The minimum Gasteiger partial charge on any atom is -0.392 e. The summed E-state index contributed by atoms with van der Waals surface area (Å²) < 4.78 is 0. The molecule has 1 heterocycles. The van der Waals surface area contributed by atoms with Crippen LogP contribution in [0.4, 0.5) is 0 Å². The minimum absolute atomic E-state index is 0.00790. The summed E-state index contributed by atoms with van der Waals surface area (Å²) in [6, 6.07) is 7.22. The standard InChI is InChI=1S/C16H25NO3/c18-12-13-4-6-14(7-5-13)16(20)10-15(19)11-17-8-2-1-3-9-17/h4-7,15-16,18-20H,1-3,8-12H2/t15-,16+/m1/s1. The van der Waals surface area contributed by atoms with Crippen LogP contribution in [0.1, 0.15) is 42.9 Å². The van der Waals surface area contributed by atoms with E-state index in [0.29, 0.717) is 13.0 Å². The number of nitrogens with zero attached hydrogens (tertiary/aromatic N) is 1. The predicted octanol–water partition coefficient (Wildman–Crippen LogP) is 1.45. The first-order valence-corrected chi connectivity index (χ1v) is 7.47. The molecule has 1 aromatic carbocycles. The smallest absolute Gasteiger partial charge is 0.0815 e. The summed E-state index contributed by atoms with van der Waals surface area (Å²) in [5.41, 5.74) is 1.62. The average Bonchev–Trinajstić information content (AvgIpc) is 2.48. The van der Waals surface area contributed by atoms with Gasteiger partial charge in [0.2, 0.25) is 0 Å². The monoisotopic (exact) mass is 279 g/mol. The molecule has 112 valence electrons. The van der Waals surface area contributed by atoms with Gasteiger partial charge in [-0.15, -0.1) is 0 Å². The molecule has 1 fully saturated rings.